The Hall–Kier alpha value is -0.990. The fraction of sp³-hybridized carbons (Fsp3) is 0.857. The van der Waals surface area contributed by atoms with Crippen LogP contribution >= 0.6 is 0 Å². The third kappa shape index (κ3) is 3.33. The van der Waals surface area contributed by atoms with Gasteiger partial charge in [0.15, 0.2) is 0 Å². The average Bonchev–Trinajstić information content (AvgIpc) is 3.08. The SMILES string of the molecule is CC1c2nnc(C3CCCC3)n2CCN1CCNS(C)(=O)=O. The quantitative estimate of drug-likeness (QED) is 0.868. The second-order valence-corrected chi connectivity index (χ2v) is 8.26. The molecule has 1 saturated carbocycles. The highest BCUT2D eigenvalue weighted by Gasteiger charge is 2.31. The van der Waals surface area contributed by atoms with E-state index < -0.39 is 10.0 Å². The van der Waals surface area contributed by atoms with Crippen LogP contribution in [0.5, 0.6) is 0 Å². The first-order valence-electron chi connectivity index (χ1n) is 8.07. The van der Waals surface area contributed by atoms with Gasteiger partial charge >= 0.3 is 0 Å². The van der Waals surface area contributed by atoms with Crippen LogP contribution in [0.2, 0.25) is 0 Å². The molecule has 124 valence electrons. The maximum atomic E-state index is 11.1. The van der Waals surface area contributed by atoms with Gasteiger partial charge in [0.05, 0.1) is 12.3 Å². The Morgan fingerprint density at radius 2 is 1.86 bits per heavy atom. The number of rotatable bonds is 5. The van der Waals surface area contributed by atoms with Gasteiger partial charge in [0, 0.05) is 32.1 Å². The van der Waals surface area contributed by atoms with E-state index >= 15 is 0 Å². The first-order chi connectivity index (χ1) is 10.5. The fourth-order valence-corrected chi connectivity index (χ4v) is 4.08. The van der Waals surface area contributed by atoms with Crippen LogP contribution in [0.15, 0.2) is 0 Å². The van der Waals surface area contributed by atoms with Crippen molar-refractivity contribution in [1.82, 2.24) is 24.4 Å². The molecule has 0 spiro atoms. The molecule has 1 fully saturated rings. The molecule has 1 aromatic rings. The van der Waals surface area contributed by atoms with E-state index in [-0.39, 0.29) is 6.04 Å². The highest BCUT2D eigenvalue weighted by Crippen LogP contribution is 2.35. The summed E-state index contributed by atoms with van der Waals surface area (Å²) in [7, 11) is -3.12. The van der Waals surface area contributed by atoms with Gasteiger partial charge < -0.3 is 4.57 Å². The molecule has 0 saturated heterocycles. The van der Waals surface area contributed by atoms with Crippen LogP contribution in [0.25, 0.3) is 0 Å². The maximum Gasteiger partial charge on any atom is 0.208 e. The largest absolute Gasteiger partial charge is 0.312 e. The lowest BCUT2D eigenvalue weighted by Gasteiger charge is -2.34. The number of nitrogens with one attached hydrogen (secondary N) is 1. The predicted octanol–water partition coefficient (Wildman–Crippen LogP) is 0.861. The van der Waals surface area contributed by atoms with Gasteiger partial charge in [-0.05, 0) is 19.8 Å². The molecule has 1 N–H and O–H groups in total. The van der Waals surface area contributed by atoms with Gasteiger partial charge in [-0.1, -0.05) is 12.8 Å². The smallest absolute Gasteiger partial charge is 0.208 e. The molecule has 0 radical (unpaired) electrons. The fourth-order valence-electron chi connectivity index (χ4n) is 3.62. The number of hydrogen-bond donors (Lipinski definition) is 1. The minimum absolute atomic E-state index is 0.178. The molecular formula is C14H25N5O2S. The summed E-state index contributed by atoms with van der Waals surface area (Å²) in [6.07, 6.45) is 6.25. The Labute approximate surface area is 132 Å². The lowest BCUT2D eigenvalue weighted by Crippen LogP contribution is -2.42. The molecule has 0 aromatic carbocycles. The minimum atomic E-state index is -3.12. The molecule has 1 aromatic heterocycles. The Morgan fingerprint density at radius 3 is 2.55 bits per heavy atom. The zero-order chi connectivity index (χ0) is 15.7. The van der Waals surface area contributed by atoms with Crippen molar-refractivity contribution in [3.05, 3.63) is 11.6 Å². The number of fused-ring (bicyclic) bond motifs is 1. The van der Waals surface area contributed by atoms with Crippen LogP contribution in [0.4, 0.5) is 0 Å². The summed E-state index contributed by atoms with van der Waals surface area (Å²) in [4.78, 5) is 2.26. The molecule has 2 aliphatic rings. The van der Waals surface area contributed by atoms with Gasteiger partial charge in [-0.2, -0.15) is 0 Å². The molecular weight excluding hydrogens is 302 g/mol. The first kappa shape index (κ1) is 15.9. The van der Waals surface area contributed by atoms with Crippen LogP contribution in [0, 0.1) is 0 Å². The average molecular weight is 327 g/mol. The van der Waals surface area contributed by atoms with Crippen molar-refractivity contribution in [3.8, 4) is 0 Å². The minimum Gasteiger partial charge on any atom is -0.312 e. The predicted molar refractivity (Wildman–Crippen MR) is 84.1 cm³/mol. The summed E-state index contributed by atoms with van der Waals surface area (Å²) in [5.74, 6) is 2.76. The monoisotopic (exact) mass is 327 g/mol. The number of nitrogens with zero attached hydrogens (tertiary/aromatic N) is 4. The molecule has 2 heterocycles. The Bertz CT molecular complexity index is 621. The Kier molecular flexibility index (Phi) is 4.52. The van der Waals surface area contributed by atoms with Crippen molar-refractivity contribution in [1.29, 1.82) is 0 Å². The van der Waals surface area contributed by atoms with Gasteiger partial charge in [0.1, 0.15) is 11.6 Å². The van der Waals surface area contributed by atoms with E-state index in [1.54, 1.807) is 0 Å². The van der Waals surface area contributed by atoms with E-state index in [0.717, 1.165) is 24.7 Å². The summed E-state index contributed by atoms with van der Waals surface area (Å²) >= 11 is 0. The van der Waals surface area contributed by atoms with Crippen LogP contribution < -0.4 is 4.72 Å². The summed E-state index contributed by atoms with van der Waals surface area (Å²) < 4.78 is 27.1. The number of hydrogen-bond acceptors (Lipinski definition) is 5. The van der Waals surface area contributed by atoms with E-state index in [4.69, 9.17) is 0 Å². The maximum absolute atomic E-state index is 11.1. The van der Waals surface area contributed by atoms with E-state index in [2.05, 4.69) is 31.3 Å². The zero-order valence-electron chi connectivity index (χ0n) is 13.3. The van der Waals surface area contributed by atoms with E-state index in [1.807, 2.05) is 0 Å². The van der Waals surface area contributed by atoms with Crippen molar-refractivity contribution in [2.45, 2.75) is 51.1 Å². The normalized spacial score (nSPS) is 23.8. The topological polar surface area (TPSA) is 80.1 Å². The van der Waals surface area contributed by atoms with E-state index in [0.29, 0.717) is 19.0 Å². The molecule has 8 heteroatoms. The van der Waals surface area contributed by atoms with Crippen LogP contribution in [-0.2, 0) is 16.6 Å². The summed E-state index contributed by atoms with van der Waals surface area (Å²) in [6.45, 7) is 5.07. The second-order valence-electron chi connectivity index (χ2n) is 6.43. The highest BCUT2D eigenvalue weighted by molar-refractivity contribution is 7.88. The van der Waals surface area contributed by atoms with Crippen LogP contribution in [0.3, 0.4) is 0 Å². The molecule has 0 bridgehead atoms. The van der Waals surface area contributed by atoms with Crippen molar-refractivity contribution in [2.75, 3.05) is 25.9 Å². The van der Waals surface area contributed by atoms with Crippen molar-refractivity contribution >= 4 is 10.0 Å². The zero-order valence-corrected chi connectivity index (χ0v) is 14.1. The Morgan fingerprint density at radius 1 is 1.18 bits per heavy atom. The lowest BCUT2D eigenvalue weighted by molar-refractivity contribution is 0.166. The number of sulfonamides is 1. The van der Waals surface area contributed by atoms with Gasteiger partial charge in [-0.15, -0.1) is 10.2 Å². The molecule has 1 aliphatic heterocycles. The Balaban J connectivity index is 1.66. The highest BCUT2D eigenvalue weighted by atomic mass is 32.2. The second kappa shape index (κ2) is 6.25. The third-order valence-electron chi connectivity index (χ3n) is 4.82. The molecule has 7 nitrogen and oxygen atoms in total. The van der Waals surface area contributed by atoms with E-state index in [1.165, 1.54) is 31.9 Å². The van der Waals surface area contributed by atoms with Crippen molar-refractivity contribution in [2.24, 2.45) is 0 Å². The number of aromatic nitrogens is 3. The van der Waals surface area contributed by atoms with Gasteiger partial charge in [0.25, 0.3) is 0 Å². The molecule has 3 rings (SSSR count). The molecule has 1 unspecified atom stereocenters. The van der Waals surface area contributed by atoms with Crippen LogP contribution in [0.1, 0.15) is 56.2 Å². The lowest BCUT2D eigenvalue weighted by atomic mass is 10.1. The molecule has 1 aliphatic carbocycles. The standard InChI is InChI=1S/C14H25N5O2S/c1-11-13-16-17-14(12-5-3-4-6-12)19(13)10-9-18(11)8-7-15-22(2,20)21/h11-12,15H,3-10H2,1-2H3. The summed E-state index contributed by atoms with van der Waals surface area (Å²) in [5.41, 5.74) is 0. The molecule has 22 heavy (non-hydrogen) atoms. The van der Waals surface area contributed by atoms with Crippen molar-refractivity contribution < 1.29 is 8.42 Å². The third-order valence-corrected chi connectivity index (χ3v) is 5.55. The summed E-state index contributed by atoms with van der Waals surface area (Å²) in [6, 6.07) is 0.178. The molecule has 1 atom stereocenters. The van der Waals surface area contributed by atoms with Crippen molar-refractivity contribution in [3.63, 3.8) is 0 Å². The van der Waals surface area contributed by atoms with Gasteiger partial charge in [-0.3, -0.25) is 4.90 Å². The van der Waals surface area contributed by atoms with Gasteiger partial charge in [0.2, 0.25) is 10.0 Å². The van der Waals surface area contributed by atoms with Gasteiger partial charge in [-0.25, -0.2) is 13.1 Å². The summed E-state index contributed by atoms with van der Waals surface area (Å²) in [5, 5.41) is 8.88. The first-order valence-corrected chi connectivity index (χ1v) is 9.96. The molecule has 0 amide bonds. The van der Waals surface area contributed by atoms with E-state index in [9.17, 15) is 8.42 Å². The van der Waals surface area contributed by atoms with Crippen LogP contribution in [-0.4, -0.2) is 54.0 Å².